The molecule has 0 aliphatic heterocycles. The van der Waals surface area contributed by atoms with E-state index in [1.54, 1.807) is 38.1 Å². The van der Waals surface area contributed by atoms with Crippen LogP contribution in [-0.2, 0) is 16.1 Å². The molecule has 0 spiro atoms. The number of carbonyl (C=O) groups excluding carboxylic acids is 2. The van der Waals surface area contributed by atoms with Gasteiger partial charge in [-0.05, 0) is 64.2 Å². The van der Waals surface area contributed by atoms with E-state index in [2.05, 4.69) is 5.32 Å². The number of ether oxygens (including phenoxy) is 1. The van der Waals surface area contributed by atoms with Crippen LogP contribution in [0.5, 0.6) is 0 Å². The number of amides is 1. The SMILES string of the molecule is Cc1ccc(CN(C)CC(=O)Nc2ccc(C(=O)OC(C)C)cc2)o1. The van der Waals surface area contributed by atoms with Crippen molar-refractivity contribution in [2.24, 2.45) is 0 Å². The zero-order valence-corrected chi connectivity index (χ0v) is 15.0. The highest BCUT2D eigenvalue weighted by atomic mass is 16.5. The van der Waals surface area contributed by atoms with Gasteiger partial charge in [-0.3, -0.25) is 9.69 Å². The summed E-state index contributed by atoms with van der Waals surface area (Å²) >= 11 is 0. The van der Waals surface area contributed by atoms with Crippen LogP contribution in [0.25, 0.3) is 0 Å². The van der Waals surface area contributed by atoms with Crippen LogP contribution in [0.1, 0.15) is 35.7 Å². The van der Waals surface area contributed by atoms with Crippen molar-refractivity contribution < 1.29 is 18.7 Å². The van der Waals surface area contributed by atoms with E-state index < -0.39 is 0 Å². The Bertz CT molecular complexity index is 719. The van der Waals surface area contributed by atoms with Gasteiger partial charge in [0, 0.05) is 5.69 Å². The molecular weight excluding hydrogens is 320 g/mol. The lowest BCUT2D eigenvalue weighted by Crippen LogP contribution is -2.29. The minimum Gasteiger partial charge on any atom is -0.465 e. The van der Waals surface area contributed by atoms with Crippen molar-refractivity contribution in [2.45, 2.75) is 33.4 Å². The van der Waals surface area contributed by atoms with Gasteiger partial charge in [0.25, 0.3) is 0 Å². The number of benzene rings is 1. The molecule has 0 aliphatic rings. The molecule has 134 valence electrons. The predicted octanol–water partition coefficient (Wildman–Crippen LogP) is 3.22. The molecule has 0 aliphatic carbocycles. The standard InChI is InChI=1S/C19H24N2O4/c1-13(2)24-19(23)15-6-8-16(9-7-15)20-18(22)12-21(4)11-17-10-5-14(3)25-17/h5-10,13H,11-12H2,1-4H3,(H,20,22). The molecule has 1 heterocycles. The molecule has 1 amide bonds. The van der Waals surface area contributed by atoms with Crippen molar-refractivity contribution in [1.29, 1.82) is 0 Å². The lowest BCUT2D eigenvalue weighted by atomic mass is 10.2. The highest BCUT2D eigenvalue weighted by Crippen LogP contribution is 2.12. The maximum atomic E-state index is 12.1. The van der Waals surface area contributed by atoms with Gasteiger partial charge in [-0.15, -0.1) is 0 Å². The molecule has 0 bridgehead atoms. The van der Waals surface area contributed by atoms with Gasteiger partial charge in [0.1, 0.15) is 11.5 Å². The zero-order valence-electron chi connectivity index (χ0n) is 15.0. The van der Waals surface area contributed by atoms with Gasteiger partial charge in [-0.25, -0.2) is 4.79 Å². The van der Waals surface area contributed by atoms with Crippen molar-refractivity contribution in [3.05, 3.63) is 53.5 Å². The predicted molar refractivity (Wildman–Crippen MR) is 95.4 cm³/mol. The number of aryl methyl sites for hydroxylation is 1. The van der Waals surface area contributed by atoms with Crippen molar-refractivity contribution >= 4 is 17.6 Å². The fourth-order valence-corrected chi connectivity index (χ4v) is 2.31. The van der Waals surface area contributed by atoms with Gasteiger partial charge < -0.3 is 14.5 Å². The molecular formula is C19H24N2O4. The fraction of sp³-hybridized carbons (Fsp3) is 0.368. The molecule has 2 rings (SSSR count). The second-order valence-corrected chi connectivity index (χ2v) is 6.26. The smallest absolute Gasteiger partial charge is 0.338 e. The third-order valence-corrected chi connectivity index (χ3v) is 3.38. The summed E-state index contributed by atoms with van der Waals surface area (Å²) in [6.45, 7) is 6.27. The summed E-state index contributed by atoms with van der Waals surface area (Å²) in [7, 11) is 1.85. The maximum absolute atomic E-state index is 12.1. The summed E-state index contributed by atoms with van der Waals surface area (Å²) in [5, 5.41) is 2.81. The third-order valence-electron chi connectivity index (χ3n) is 3.38. The first kappa shape index (κ1) is 18.7. The zero-order chi connectivity index (χ0) is 18.4. The maximum Gasteiger partial charge on any atom is 0.338 e. The van der Waals surface area contributed by atoms with Gasteiger partial charge in [0.15, 0.2) is 0 Å². The Morgan fingerprint density at radius 3 is 2.40 bits per heavy atom. The highest BCUT2D eigenvalue weighted by Gasteiger charge is 2.11. The average Bonchev–Trinajstić information content (AvgIpc) is 2.91. The summed E-state index contributed by atoms with van der Waals surface area (Å²) in [6.07, 6.45) is -0.166. The number of furan rings is 1. The number of esters is 1. The summed E-state index contributed by atoms with van der Waals surface area (Å²) < 4.78 is 10.6. The first-order chi connectivity index (χ1) is 11.8. The van der Waals surface area contributed by atoms with Crippen molar-refractivity contribution in [3.8, 4) is 0 Å². The Hall–Kier alpha value is -2.60. The van der Waals surface area contributed by atoms with Crippen LogP contribution in [0.2, 0.25) is 0 Å². The Labute approximate surface area is 147 Å². The van der Waals surface area contributed by atoms with Gasteiger partial charge >= 0.3 is 5.97 Å². The fourth-order valence-electron chi connectivity index (χ4n) is 2.31. The first-order valence-electron chi connectivity index (χ1n) is 8.18. The Morgan fingerprint density at radius 2 is 1.84 bits per heavy atom. The van der Waals surface area contributed by atoms with Crippen LogP contribution in [-0.4, -0.2) is 36.5 Å². The third kappa shape index (κ3) is 6.08. The highest BCUT2D eigenvalue weighted by molar-refractivity contribution is 5.94. The molecule has 0 unspecified atom stereocenters. The number of rotatable bonds is 7. The lowest BCUT2D eigenvalue weighted by Gasteiger charge is -2.15. The molecule has 0 atom stereocenters. The van der Waals surface area contributed by atoms with Crippen LogP contribution >= 0.6 is 0 Å². The van der Waals surface area contributed by atoms with Crippen molar-refractivity contribution in [3.63, 3.8) is 0 Å². The van der Waals surface area contributed by atoms with Crippen LogP contribution in [0.4, 0.5) is 5.69 Å². The van der Waals surface area contributed by atoms with Crippen LogP contribution in [0, 0.1) is 6.92 Å². The van der Waals surface area contributed by atoms with Crippen molar-refractivity contribution in [2.75, 3.05) is 18.9 Å². The van der Waals surface area contributed by atoms with E-state index in [9.17, 15) is 9.59 Å². The minimum atomic E-state index is -0.374. The van der Waals surface area contributed by atoms with E-state index in [0.29, 0.717) is 17.8 Å². The second-order valence-electron chi connectivity index (χ2n) is 6.26. The number of nitrogens with one attached hydrogen (secondary N) is 1. The molecule has 25 heavy (non-hydrogen) atoms. The number of nitrogens with zero attached hydrogens (tertiary/aromatic N) is 1. The Morgan fingerprint density at radius 1 is 1.16 bits per heavy atom. The first-order valence-corrected chi connectivity index (χ1v) is 8.18. The summed E-state index contributed by atoms with van der Waals surface area (Å²) in [4.78, 5) is 25.8. The molecule has 1 aromatic heterocycles. The summed E-state index contributed by atoms with van der Waals surface area (Å²) in [5.74, 6) is 1.16. The molecule has 0 saturated carbocycles. The van der Waals surface area contributed by atoms with Gasteiger partial charge in [0.05, 0.1) is 24.8 Å². The number of hydrogen-bond acceptors (Lipinski definition) is 5. The van der Waals surface area contributed by atoms with E-state index >= 15 is 0 Å². The molecule has 0 fully saturated rings. The van der Waals surface area contributed by atoms with E-state index in [1.165, 1.54) is 0 Å². The van der Waals surface area contributed by atoms with E-state index in [1.807, 2.05) is 31.0 Å². The van der Waals surface area contributed by atoms with E-state index in [0.717, 1.165) is 11.5 Å². The lowest BCUT2D eigenvalue weighted by molar-refractivity contribution is -0.117. The molecule has 1 N–H and O–H groups in total. The van der Waals surface area contributed by atoms with Crippen LogP contribution in [0.3, 0.4) is 0 Å². The molecule has 0 radical (unpaired) electrons. The normalized spacial score (nSPS) is 11.0. The van der Waals surface area contributed by atoms with Crippen molar-refractivity contribution in [1.82, 2.24) is 4.90 Å². The molecule has 2 aromatic rings. The summed E-state index contributed by atoms with van der Waals surface area (Å²) in [5.41, 5.74) is 1.09. The molecule has 6 heteroatoms. The van der Waals surface area contributed by atoms with Crippen LogP contribution in [0.15, 0.2) is 40.8 Å². The minimum absolute atomic E-state index is 0.136. The van der Waals surface area contributed by atoms with E-state index in [4.69, 9.17) is 9.15 Å². The van der Waals surface area contributed by atoms with E-state index in [-0.39, 0.29) is 24.5 Å². The molecule has 6 nitrogen and oxygen atoms in total. The quantitative estimate of drug-likeness (QED) is 0.781. The molecule has 1 aromatic carbocycles. The second kappa shape index (κ2) is 8.48. The van der Waals surface area contributed by atoms with Crippen LogP contribution < -0.4 is 5.32 Å². The van der Waals surface area contributed by atoms with Gasteiger partial charge in [-0.2, -0.15) is 0 Å². The summed E-state index contributed by atoms with van der Waals surface area (Å²) in [6, 6.07) is 10.4. The number of carbonyl (C=O) groups is 2. The Kier molecular flexibility index (Phi) is 6.36. The number of likely N-dealkylation sites (N-methyl/N-ethyl adjacent to an activating group) is 1. The molecule has 0 saturated heterocycles. The van der Waals surface area contributed by atoms with Gasteiger partial charge in [-0.1, -0.05) is 0 Å². The average molecular weight is 344 g/mol. The monoisotopic (exact) mass is 344 g/mol. The number of anilines is 1. The Balaban J connectivity index is 1.84. The topological polar surface area (TPSA) is 71.8 Å². The number of hydrogen-bond donors (Lipinski definition) is 1. The van der Waals surface area contributed by atoms with Gasteiger partial charge in [0.2, 0.25) is 5.91 Å². The largest absolute Gasteiger partial charge is 0.465 e.